The molecule has 0 amide bonds. The second kappa shape index (κ2) is 5.58. The van der Waals surface area contributed by atoms with Gasteiger partial charge in [0, 0.05) is 17.3 Å². The summed E-state index contributed by atoms with van der Waals surface area (Å²) in [6.07, 6.45) is 3.40. The van der Waals surface area contributed by atoms with E-state index >= 15 is 0 Å². The smallest absolute Gasteiger partial charge is 0.132 e. The van der Waals surface area contributed by atoms with Crippen molar-refractivity contribution in [1.29, 1.82) is 0 Å². The van der Waals surface area contributed by atoms with Crippen LogP contribution in [0.15, 0.2) is 6.07 Å². The van der Waals surface area contributed by atoms with Gasteiger partial charge in [0.05, 0.1) is 0 Å². The molecule has 1 aromatic rings. The number of aryl methyl sites for hydroxylation is 1. The van der Waals surface area contributed by atoms with Crippen molar-refractivity contribution in [1.82, 2.24) is 15.3 Å². The molecule has 0 atom stereocenters. The average molecular weight is 233 g/mol. The molecular formula is C14H23N3. The van der Waals surface area contributed by atoms with Gasteiger partial charge in [0.2, 0.25) is 0 Å². The van der Waals surface area contributed by atoms with E-state index in [4.69, 9.17) is 4.98 Å². The first-order valence-corrected chi connectivity index (χ1v) is 6.70. The minimum atomic E-state index is 0.557. The summed E-state index contributed by atoms with van der Waals surface area (Å²) < 4.78 is 0. The Balaban J connectivity index is 2.18. The molecule has 2 heterocycles. The molecule has 17 heavy (non-hydrogen) atoms. The van der Waals surface area contributed by atoms with Crippen LogP contribution < -0.4 is 5.32 Å². The van der Waals surface area contributed by atoms with Crippen LogP contribution in [0, 0.1) is 12.8 Å². The molecular weight excluding hydrogens is 210 g/mol. The van der Waals surface area contributed by atoms with Crippen molar-refractivity contribution in [3.63, 3.8) is 0 Å². The second-order valence-electron chi connectivity index (χ2n) is 5.48. The monoisotopic (exact) mass is 233 g/mol. The number of nitrogens with one attached hydrogen (secondary N) is 1. The van der Waals surface area contributed by atoms with Gasteiger partial charge in [0.1, 0.15) is 5.82 Å². The van der Waals surface area contributed by atoms with Gasteiger partial charge in [-0.1, -0.05) is 13.8 Å². The van der Waals surface area contributed by atoms with Crippen LogP contribution in [0.1, 0.15) is 49.8 Å². The molecule has 1 aromatic heterocycles. The van der Waals surface area contributed by atoms with Gasteiger partial charge >= 0.3 is 0 Å². The first-order valence-electron chi connectivity index (χ1n) is 6.70. The standard InChI is InChI=1S/C14H23N3/c1-10(2)8-13-9-11(3)16-14(17-13)12-4-6-15-7-5-12/h9-10,12,15H,4-8H2,1-3H3. The van der Waals surface area contributed by atoms with Gasteiger partial charge in [-0.2, -0.15) is 0 Å². The summed E-state index contributed by atoms with van der Waals surface area (Å²) in [5.41, 5.74) is 2.32. The summed E-state index contributed by atoms with van der Waals surface area (Å²) in [5.74, 6) is 2.29. The normalized spacial score (nSPS) is 17.6. The van der Waals surface area contributed by atoms with Crippen LogP contribution in [0.4, 0.5) is 0 Å². The van der Waals surface area contributed by atoms with Gasteiger partial charge in [0.15, 0.2) is 0 Å². The zero-order chi connectivity index (χ0) is 12.3. The van der Waals surface area contributed by atoms with Crippen LogP contribution in [0.5, 0.6) is 0 Å². The van der Waals surface area contributed by atoms with E-state index in [-0.39, 0.29) is 0 Å². The highest BCUT2D eigenvalue weighted by atomic mass is 14.9. The largest absolute Gasteiger partial charge is 0.317 e. The maximum absolute atomic E-state index is 4.76. The zero-order valence-electron chi connectivity index (χ0n) is 11.2. The average Bonchev–Trinajstić information content (AvgIpc) is 2.28. The number of aromatic nitrogens is 2. The summed E-state index contributed by atoms with van der Waals surface area (Å²) >= 11 is 0. The molecule has 0 unspecified atom stereocenters. The summed E-state index contributed by atoms with van der Waals surface area (Å²) in [5, 5.41) is 3.39. The van der Waals surface area contributed by atoms with Gasteiger partial charge in [-0.3, -0.25) is 0 Å². The first kappa shape index (κ1) is 12.5. The lowest BCUT2D eigenvalue weighted by Gasteiger charge is -2.22. The fourth-order valence-corrected chi connectivity index (χ4v) is 2.44. The minimum Gasteiger partial charge on any atom is -0.317 e. The lowest BCUT2D eigenvalue weighted by molar-refractivity contribution is 0.442. The van der Waals surface area contributed by atoms with Gasteiger partial charge in [0.25, 0.3) is 0 Å². The van der Waals surface area contributed by atoms with E-state index < -0.39 is 0 Å². The molecule has 1 saturated heterocycles. The number of rotatable bonds is 3. The van der Waals surface area contributed by atoms with E-state index in [0.29, 0.717) is 11.8 Å². The minimum absolute atomic E-state index is 0.557. The highest BCUT2D eigenvalue weighted by Gasteiger charge is 2.18. The molecule has 1 aliphatic rings. The second-order valence-corrected chi connectivity index (χ2v) is 5.48. The highest BCUT2D eigenvalue weighted by molar-refractivity contribution is 5.13. The third kappa shape index (κ3) is 3.50. The predicted molar refractivity (Wildman–Crippen MR) is 70.2 cm³/mol. The SMILES string of the molecule is Cc1cc(CC(C)C)nc(C2CCNCC2)n1. The predicted octanol–water partition coefficient (Wildman–Crippen LogP) is 2.45. The van der Waals surface area contributed by atoms with E-state index in [2.05, 4.69) is 37.1 Å². The maximum Gasteiger partial charge on any atom is 0.132 e. The molecule has 2 rings (SSSR count). The first-order chi connectivity index (χ1) is 8.15. The van der Waals surface area contributed by atoms with E-state index in [9.17, 15) is 0 Å². The highest BCUT2D eigenvalue weighted by Crippen LogP contribution is 2.22. The molecule has 1 N–H and O–H groups in total. The molecule has 0 bridgehead atoms. The topological polar surface area (TPSA) is 37.8 Å². The Morgan fingerprint density at radius 2 is 2.00 bits per heavy atom. The molecule has 3 nitrogen and oxygen atoms in total. The molecule has 0 aromatic carbocycles. The summed E-state index contributed by atoms with van der Waals surface area (Å²) in [4.78, 5) is 9.38. The quantitative estimate of drug-likeness (QED) is 0.871. The zero-order valence-corrected chi connectivity index (χ0v) is 11.2. The number of hydrogen-bond acceptors (Lipinski definition) is 3. The number of hydrogen-bond donors (Lipinski definition) is 1. The summed E-state index contributed by atoms with van der Waals surface area (Å²) in [6.45, 7) is 8.75. The fraction of sp³-hybridized carbons (Fsp3) is 0.714. The molecule has 0 saturated carbocycles. The van der Waals surface area contributed by atoms with Crippen molar-refractivity contribution in [3.05, 3.63) is 23.3 Å². The molecule has 1 fully saturated rings. The fourth-order valence-electron chi connectivity index (χ4n) is 2.44. The van der Waals surface area contributed by atoms with Crippen LogP contribution in [-0.4, -0.2) is 23.1 Å². The van der Waals surface area contributed by atoms with E-state index in [0.717, 1.165) is 31.0 Å². The van der Waals surface area contributed by atoms with Gasteiger partial charge in [-0.25, -0.2) is 9.97 Å². The van der Waals surface area contributed by atoms with Crippen molar-refractivity contribution >= 4 is 0 Å². The van der Waals surface area contributed by atoms with Crippen molar-refractivity contribution in [2.75, 3.05) is 13.1 Å². The van der Waals surface area contributed by atoms with Crippen LogP contribution in [0.2, 0.25) is 0 Å². The van der Waals surface area contributed by atoms with E-state index in [1.807, 2.05) is 0 Å². The van der Waals surface area contributed by atoms with Crippen LogP contribution in [0.3, 0.4) is 0 Å². The van der Waals surface area contributed by atoms with Crippen LogP contribution in [0.25, 0.3) is 0 Å². The van der Waals surface area contributed by atoms with Gasteiger partial charge < -0.3 is 5.32 Å². The lowest BCUT2D eigenvalue weighted by Crippen LogP contribution is -2.27. The Kier molecular flexibility index (Phi) is 4.11. The van der Waals surface area contributed by atoms with Gasteiger partial charge in [-0.05, 0) is 51.3 Å². The Hall–Kier alpha value is -0.960. The number of nitrogens with zero attached hydrogens (tertiary/aromatic N) is 2. The molecule has 0 spiro atoms. The molecule has 94 valence electrons. The van der Waals surface area contributed by atoms with Crippen molar-refractivity contribution in [2.45, 2.75) is 46.0 Å². The molecule has 1 aliphatic heterocycles. The Morgan fingerprint density at radius 3 is 2.65 bits per heavy atom. The van der Waals surface area contributed by atoms with E-state index in [1.165, 1.54) is 18.5 Å². The molecule has 0 radical (unpaired) electrons. The van der Waals surface area contributed by atoms with Crippen molar-refractivity contribution < 1.29 is 0 Å². The maximum atomic E-state index is 4.76. The number of piperidine rings is 1. The van der Waals surface area contributed by atoms with Crippen LogP contribution >= 0.6 is 0 Å². The molecule has 3 heteroatoms. The third-order valence-corrected chi connectivity index (χ3v) is 3.25. The molecule has 0 aliphatic carbocycles. The Morgan fingerprint density at radius 1 is 1.29 bits per heavy atom. The Bertz CT molecular complexity index is 368. The van der Waals surface area contributed by atoms with Crippen molar-refractivity contribution in [2.24, 2.45) is 5.92 Å². The van der Waals surface area contributed by atoms with Crippen LogP contribution in [-0.2, 0) is 6.42 Å². The summed E-state index contributed by atoms with van der Waals surface area (Å²) in [6, 6.07) is 2.13. The lowest BCUT2D eigenvalue weighted by atomic mass is 9.97. The Labute approximate surface area is 104 Å². The van der Waals surface area contributed by atoms with Gasteiger partial charge in [-0.15, -0.1) is 0 Å². The van der Waals surface area contributed by atoms with E-state index in [1.54, 1.807) is 0 Å². The van der Waals surface area contributed by atoms with Crippen molar-refractivity contribution in [3.8, 4) is 0 Å². The third-order valence-electron chi connectivity index (χ3n) is 3.25. The summed E-state index contributed by atoms with van der Waals surface area (Å²) in [7, 11) is 0.